The van der Waals surface area contributed by atoms with E-state index in [1.165, 1.54) is 5.39 Å². The largest absolute Gasteiger partial charge is 0.455 e. The Balaban J connectivity index is 1.10. The second-order valence-electron chi connectivity index (χ2n) is 14.0. The van der Waals surface area contributed by atoms with E-state index in [0.717, 1.165) is 83.3 Å². The molecular formula is C52H36N4O. The normalized spacial score (nSPS) is 11.6. The first-order valence-electron chi connectivity index (χ1n) is 19.1. The summed E-state index contributed by atoms with van der Waals surface area (Å²) in [5, 5.41) is 3.36. The van der Waals surface area contributed by atoms with Gasteiger partial charge in [0, 0.05) is 49.7 Å². The Morgan fingerprint density at radius 3 is 1.72 bits per heavy atom. The molecule has 0 saturated carbocycles. The summed E-state index contributed by atoms with van der Waals surface area (Å²) in [7, 11) is 0. The Labute approximate surface area is 330 Å². The molecule has 0 unspecified atom stereocenters. The summed E-state index contributed by atoms with van der Waals surface area (Å²) in [5.41, 5.74) is 12.3. The van der Waals surface area contributed by atoms with Crippen molar-refractivity contribution in [2.45, 2.75) is 6.92 Å². The first kappa shape index (κ1) is 33.9. The Hall–Kier alpha value is -7.63. The number of fused-ring (bicyclic) bond motifs is 4. The molecule has 0 spiro atoms. The van der Waals surface area contributed by atoms with E-state index in [1.54, 1.807) is 6.08 Å². The fourth-order valence-electron chi connectivity index (χ4n) is 7.85. The maximum Gasteiger partial charge on any atom is 0.164 e. The monoisotopic (exact) mass is 732 g/mol. The predicted octanol–water partition coefficient (Wildman–Crippen LogP) is 13.7. The molecule has 10 aromatic rings. The molecular weight excluding hydrogens is 697 g/mol. The van der Waals surface area contributed by atoms with E-state index in [4.69, 9.17) is 19.4 Å². The number of hydrogen-bond acceptors (Lipinski definition) is 4. The molecule has 10 rings (SSSR count). The number of para-hydroxylation sites is 2. The Bertz CT molecular complexity index is 3120. The van der Waals surface area contributed by atoms with Crippen LogP contribution in [-0.2, 0) is 0 Å². The minimum absolute atomic E-state index is 0.610. The smallest absolute Gasteiger partial charge is 0.164 e. The molecule has 3 aromatic heterocycles. The van der Waals surface area contributed by atoms with E-state index in [-0.39, 0.29) is 0 Å². The van der Waals surface area contributed by atoms with E-state index in [0.29, 0.717) is 17.5 Å². The zero-order valence-corrected chi connectivity index (χ0v) is 31.3. The van der Waals surface area contributed by atoms with Crippen LogP contribution in [0.3, 0.4) is 0 Å². The van der Waals surface area contributed by atoms with Crippen LogP contribution in [0.4, 0.5) is 0 Å². The molecule has 0 atom stereocenters. The van der Waals surface area contributed by atoms with E-state index in [9.17, 15) is 0 Å². The average molecular weight is 733 g/mol. The molecule has 0 aliphatic rings. The lowest BCUT2D eigenvalue weighted by molar-refractivity contribution is 0.604. The van der Waals surface area contributed by atoms with Crippen molar-refractivity contribution >= 4 is 44.9 Å². The van der Waals surface area contributed by atoms with Crippen LogP contribution >= 0.6 is 0 Å². The summed E-state index contributed by atoms with van der Waals surface area (Å²) >= 11 is 0. The van der Waals surface area contributed by atoms with Gasteiger partial charge in [0.15, 0.2) is 17.5 Å². The van der Waals surface area contributed by atoms with Gasteiger partial charge in [-0.25, -0.2) is 15.0 Å². The van der Waals surface area contributed by atoms with Gasteiger partial charge in [-0.2, -0.15) is 0 Å². The number of nitrogens with zero attached hydrogens (tertiary/aromatic N) is 4. The van der Waals surface area contributed by atoms with Crippen molar-refractivity contribution in [1.82, 2.24) is 19.5 Å². The number of benzene rings is 7. The van der Waals surface area contributed by atoms with E-state index >= 15 is 0 Å². The van der Waals surface area contributed by atoms with Gasteiger partial charge >= 0.3 is 0 Å². The van der Waals surface area contributed by atoms with E-state index < -0.39 is 0 Å². The molecule has 0 saturated heterocycles. The van der Waals surface area contributed by atoms with Crippen LogP contribution in [0.5, 0.6) is 0 Å². The third kappa shape index (κ3) is 6.03. The number of allylic oxidation sites excluding steroid dienone is 1. The lowest BCUT2D eigenvalue weighted by Crippen LogP contribution is -2.00. The molecule has 0 fully saturated rings. The summed E-state index contributed by atoms with van der Waals surface area (Å²) in [4.78, 5) is 15.2. The molecule has 270 valence electrons. The highest BCUT2D eigenvalue weighted by atomic mass is 16.3. The third-order valence-electron chi connectivity index (χ3n) is 10.5. The topological polar surface area (TPSA) is 56.7 Å². The molecule has 0 N–H and O–H groups in total. The highest BCUT2D eigenvalue weighted by molar-refractivity contribution is 6.10. The van der Waals surface area contributed by atoms with Crippen molar-refractivity contribution in [2.24, 2.45) is 0 Å². The molecule has 0 aliphatic heterocycles. The molecule has 0 bridgehead atoms. The van der Waals surface area contributed by atoms with Crippen molar-refractivity contribution in [3.63, 3.8) is 0 Å². The zero-order valence-electron chi connectivity index (χ0n) is 31.3. The van der Waals surface area contributed by atoms with Gasteiger partial charge in [-0.1, -0.05) is 140 Å². The predicted molar refractivity (Wildman–Crippen MR) is 236 cm³/mol. The molecule has 7 aromatic carbocycles. The molecule has 57 heavy (non-hydrogen) atoms. The first-order valence-corrected chi connectivity index (χ1v) is 19.1. The SMILES string of the molecule is C=Cc1oc2c(-c3ccccc3)cc(-c3ccc(-c4nc(-c5ccccc5)nc(-c5ccc6c(c5)c5ccccc5n6-c5ccccc5)n4)cc3)cc2c1/C=C\C. The van der Waals surface area contributed by atoms with E-state index in [1.807, 2.05) is 55.5 Å². The van der Waals surface area contributed by atoms with Gasteiger partial charge in [0.05, 0.1) is 11.0 Å². The lowest BCUT2D eigenvalue weighted by Gasteiger charge is -2.11. The van der Waals surface area contributed by atoms with Gasteiger partial charge in [0.2, 0.25) is 0 Å². The Kier molecular flexibility index (Phi) is 8.46. The maximum atomic E-state index is 6.42. The molecule has 5 heteroatoms. The van der Waals surface area contributed by atoms with Crippen molar-refractivity contribution in [3.05, 3.63) is 194 Å². The maximum absolute atomic E-state index is 6.42. The minimum Gasteiger partial charge on any atom is -0.455 e. The fraction of sp³-hybridized carbons (Fsp3) is 0.0192. The molecule has 5 nitrogen and oxygen atoms in total. The van der Waals surface area contributed by atoms with Crippen LogP contribution in [0.25, 0.3) is 107 Å². The third-order valence-corrected chi connectivity index (χ3v) is 10.5. The quantitative estimate of drug-likeness (QED) is 0.156. The van der Waals surface area contributed by atoms with Crippen molar-refractivity contribution in [2.75, 3.05) is 0 Å². The number of aromatic nitrogens is 4. The highest BCUT2D eigenvalue weighted by Crippen LogP contribution is 2.40. The number of furan rings is 1. The lowest BCUT2D eigenvalue weighted by atomic mass is 9.94. The number of rotatable bonds is 8. The molecule has 0 radical (unpaired) electrons. The summed E-state index contributed by atoms with van der Waals surface area (Å²) in [5.74, 6) is 2.61. The van der Waals surface area contributed by atoms with Crippen LogP contribution < -0.4 is 0 Å². The molecule has 0 amide bonds. The zero-order chi connectivity index (χ0) is 38.3. The van der Waals surface area contributed by atoms with Crippen LogP contribution in [-0.4, -0.2) is 19.5 Å². The van der Waals surface area contributed by atoms with Gasteiger partial charge in [-0.15, -0.1) is 0 Å². The van der Waals surface area contributed by atoms with Crippen LogP contribution in [0.15, 0.2) is 187 Å². The highest BCUT2D eigenvalue weighted by Gasteiger charge is 2.19. The first-order chi connectivity index (χ1) is 28.2. The van der Waals surface area contributed by atoms with Crippen LogP contribution in [0.1, 0.15) is 18.2 Å². The van der Waals surface area contributed by atoms with Gasteiger partial charge in [-0.3, -0.25) is 0 Å². The van der Waals surface area contributed by atoms with E-state index in [2.05, 4.69) is 145 Å². The summed E-state index contributed by atoms with van der Waals surface area (Å²) in [6.07, 6.45) is 5.91. The summed E-state index contributed by atoms with van der Waals surface area (Å²) < 4.78 is 8.74. The summed E-state index contributed by atoms with van der Waals surface area (Å²) in [6, 6.07) is 59.0. The average Bonchev–Trinajstić information content (AvgIpc) is 3.81. The van der Waals surface area contributed by atoms with Crippen molar-refractivity contribution in [1.29, 1.82) is 0 Å². The second kappa shape index (κ2) is 14.2. The Morgan fingerprint density at radius 1 is 0.491 bits per heavy atom. The molecule has 0 aliphatic carbocycles. The second-order valence-corrected chi connectivity index (χ2v) is 14.0. The summed E-state index contributed by atoms with van der Waals surface area (Å²) in [6.45, 7) is 6.05. The molecule has 3 heterocycles. The standard InChI is InChI=1S/C52H36N4O/c1-3-16-42-45-33-39(32-43(35-17-8-5-9-18-35)49(45)57-48(42)4-2)34-25-27-37(28-26-34)51-53-50(36-19-10-6-11-20-36)54-52(55-51)38-29-30-47-44(31-38)41-23-14-15-24-46(41)56(47)40-21-12-7-13-22-40/h3-33H,2H2,1H3/b16-3-. The van der Waals surface area contributed by atoms with Crippen molar-refractivity contribution < 1.29 is 4.42 Å². The fourth-order valence-corrected chi connectivity index (χ4v) is 7.85. The van der Waals surface area contributed by atoms with Crippen molar-refractivity contribution in [3.8, 4) is 62.1 Å². The minimum atomic E-state index is 0.610. The van der Waals surface area contributed by atoms with Gasteiger partial charge in [0.1, 0.15) is 11.3 Å². The van der Waals surface area contributed by atoms with Gasteiger partial charge in [-0.05, 0) is 78.2 Å². The number of hydrogen-bond donors (Lipinski definition) is 0. The van der Waals surface area contributed by atoms with Gasteiger partial charge in [0.25, 0.3) is 0 Å². The van der Waals surface area contributed by atoms with Gasteiger partial charge < -0.3 is 8.98 Å². The Morgan fingerprint density at radius 2 is 1.04 bits per heavy atom. The van der Waals surface area contributed by atoms with Crippen LogP contribution in [0, 0.1) is 0 Å². The van der Waals surface area contributed by atoms with Crippen LogP contribution in [0.2, 0.25) is 0 Å².